The molecule has 0 aliphatic carbocycles. The van der Waals surface area contributed by atoms with E-state index >= 15 is 0 Å². The van der Waals surface area contributed by atoms with Crippen molar-refractivity contribution in [2.24, 2.45) is 0 Å². The van der Waals surface area contributed by atoms with Gasteiger partial charge < -0.3 is 20.1 Å². The minimum Gasteiger partial charge on any atom is -0.480 e. The number of ether oxygens (including phenoxy) is 1. The average Bonchev–Trinajstić information content (AvgIpc) is 2.43. The maximum atomic E-state index is 11.8. The third kappa shape index (κ3) is 6.53. The van der Waals surface area contributed by atoms with E-state index in [4.69, 9.17) is 9.84 Å². The van der Waals surface area contributed by atoms with Crippen LogP contribution in [0.5, 0.6) is 0 Å². The number of carbonyl (C=O) groups excluding carboxylic acids is 1. The summed E-state index contributed by atoms with van der Waals surface area (Å²) in [7, 11) is 0. The van der Waals surface area contributed by atoms with Crippen LogP contribution in [0, 0.1) is 0 Å². The Morgan fingerprint density at radius 3 is 2.70 bits per heavy atom. The van der Waals surface area contributed by atoms with Gasteiger partial charge in [-0.3, -0.25) is 9.69 Å². The number of carboxylic acids is 1. The molecule has 1 heterocycles. The van der Waals surface area contributed by atoms with Crippen LogP contribution in [-0.2, 0) is 9.53 Å². The molecule has 1 rings (SSSR count). The van der Waals surface area contributed by atoms with E-state index in [-0.39, 0.29) is 19.1 Å². The molecule has 0 bridgehead atoms. The number of aliphatic carboxylic acids is 1. The van der Waals surface area contributed by atoms with Crippen molar-refractivity contribution in [2.75, 3.05) is 52.5 Å². The van der Waals surface area contributed by atoms with Gasteiger partial charge in [-0.2, -0.15) is 0 Å². The lowest BCUT2D eigenvalue weighted by Crippen LogP contribution is -2.44. The van der Waals surface area contributed by atoms with Crippen LogP contribution in [0.15, 0.2) is 12.7 Å². The molecule has 0 unspecified atom stereocenters. The quantitative estimate of drug-likeness (QED) is 0.484. The number of rotatable bonds is 8. The van der Waals surface area contributed by atoms with Gasteiger partial charge in [-0.25, -0.2) is 4.79 Å². The van der Waals surface area contributed by atoms with Gasteiger partial charge >= 0.3 is 12.0 Å². The number of amides is 2. The summed E-state index contributed by atoms with van der Waals surface area (Å²) in [6.07, 6.45) is 2.34. The molecule has 0 spiro atoms. The lowest BCUT2D eigenvalue weighted by molar-refractivity contribution is -0.137. The van der Waals surface area contributed by atoms with E-state index in [1.165, 1.54) is 11.0 Å². The molecule has 0 aromatic heterocycles. The highest BCUT2D eigenvalue weighted by Crippen LogP contribution is 1.97. The second kappa shape index (κ2) is 9.33. The van der Waals surface area contributed by atoms with Gasteiger partial charge in [-0.15, -0.1) is 6.58 Å². The van der Waals surface area contributed by atoms with Crippen LogP contribution in [0.2, 0.25) is 0 Å². The number of hydrogen-bond acceptors (Lipinski definition) is 4. The fourth-order valence-electron chi connectivity index (χ4n) is 1.97. The summed E-state index contributed by atoms with van der Waals surface area (Å²) in [4.78, 5) is 25.9. The monoisotopic (exact) mass is 285 g/mol. The molecule has 20 heavy (non-hydrogen) atoms. The van der Waals surface area contributed by atoms with E-state index in [2.05, 4.69) is 16.8 Å². The Balaban J connectivity index is 2.19. The Morgan fingerprint density at radius 2 is 2.10 bits per heavy atom. The molecule has 0 aromatic rings. The second-order valence-electron chi connectivity index (χ2n) is 4.60. The van der Waals surface area contributed by atoms with Crippen LogP contribution < -0.4 is 5.32 Å². The zero-order valence-electron chi connectivity index (χ0n) is 11.7. The fraction of sp³-hybridized carbons (Fsp3) is 0.692. The first-order valence-corrected chi connectivity index (χ1v) is 6.79. The second-order valence-corrected chi connectivity index (χ2v) is 4.60. The normalized spacial score (nSPS) is 15.6. The number of urea groups is 1. The predicted molar refractivity (Wildman–Crippen MR) is 74.7 cm³/mol. The number of carbonyl (C=O) groups is 2. The van der Waals surface area contributed by atoms with Gasteiger partial charge in [0.05, 0.1) is 13.2 Å². The van der Waals surface area contributed by atoms with E-state index in [1.54, 1.807) is 0 Å². The minimum atomic E-state index is -1.03. The Morgan fingerprint density at radius 1 is 1.40 bits per heavy atom. The van der Waals surface area contributed by atoms with Crippen LogP contribution in [0.25, 0.3) is 0 Å². The van der Waals surface area contributed by atoms with Crippen molar-refractivity contribution in [3.63, 3.8) is 0 Å². The summed E-state index contributed by atoms with van der Waals surface area (Å²) < 4.78 is 5.26. The number of nitrogens with one attached hydrogen (secondary N) is 1. The lowest BCUT2D eigenvalue weighted by Gasteiger charge is -2.26. The molecule has 1 fully saturated rings. The average molecular weight is 285 g/mol. The summed E-state index contributed by atoms with van der Waals surface area (Å²) in [6.45, 7) is 8.23. The minimum absolute atomic E-state index is 0.224. The molecule has 0 saturated carbocycles. The number of morpholine rings is 1. The SMILES string of the molecule is C=CCN(CC(=O)O)C(=O)NCCCN1CCOCC1. The molecule has 7 nitrogen and oxygen atoms in total. The van der Waals surface area contributed by atoms with E-state index < -0.39 is 5.97 Å². The third-order valence-electron chi connectivity index (χ3n) is 2.99. The first-order chi connectivity index (χ1) is 9.63. The topological polar surface area (TPSA) is 82.1 Å². The standard InChI is InChI=1S/C13H23N3O4/c1-2-5-16(11-12(17)18)13(19)14-4-3-6-15-7-9-20-10-8-15/h2H,1,3-11H2,(H,14,19)(H,17,18). The third-order valence-corrected chi connectivity index (χ3v) is 2.99. The summed E-state index contributed by atoms with van der Waals surface area (Å²) in [5.74, 6) is -1.03. The Bertz CT molecular complexity index is 330. The maximum absolute atomic E-state index is 11.8. The Labute approximate surface area is 119 Å². The number of nitrogens with zero attached hydrogens (tertiary/aromatic N) is 2. The van der Waals surface area contributed by atoms with Crippen molar-refractivity contribution >= 4 is 12.0 Å². The molecule has 7 heteroatoms. The molecule has 0 radical (unpaired) electrons. The Hall–Kier alpha value is -1.60. The zero-order chi connectivity index (χ0) is 14.8. The summed E-state index contributed by atoms with van der Waals surface area (Å²) >= 11 is 0. The predicted octanol–water partition coefficient (Wildman–Crippen LogP) is -0.00910. The van der Waals surface area contributed by atoms with Gasteiger partial charge in [-0.05, 0) is 13.0 Å². The van der Waals surface area contributed by atoms with Crippen LogP contribution in [0.1, 0.15) is 6.42 Å². The molecule has 0 atom stereocenters. The van der Waals surface area contributed by atoms with E-state index in [1.807, 2.05) is 0 Å². The highest BCUT2D eigenvalue weighted by molar-refractivity contribution is 5.80. The maximum Gasteiger partial charge on any atom is 0.323 e. The first kappa shape index (κ1) is 16.5. The molecule has 1 saturated heterocycles. The van der Waals surface area contributed by atoms with Crippen molar-refractivity contribution in [3.8, 4) is 0 Å². The van der Waals surface area contributed by atoms with Gasteiger partial charge in [0.15, 0.2) is 0 Å². The fourth-order valence-corrected chi connectivity index (χ4v) is 1.97. The van der Waals surface area contributed by atoms with Crippen molar-refractivity contribution in [1.82, 2.24) is 15.1 Å². The molecule has 0 aromatic carbocycles. The van der Waals surface area contributed by atoms with Crippen LogP contribution in [0.3, 0.4) is 0 Å². The molecule has 1 aliphatic heterocycles. The van der Waals surface area contributed by atoms with Gasteiger partial charge in [-0.1, -0.05) is 6.08 Å². The zero-order valence-corrected chi connectivity index (χ0v) is 11.7. The molecule has 1 aliphatic rings. The van der Waals surface area contributed by atoms with Crippen molar-refractivity contribution in [3.05, 3.63) is 12.7 Å². The van der Waals surface area contributed by atoms with Gasteiger partial charge in [0.2, 0.25) is 0 Å². The van der Waals surface area contributed by atoms with E-state index in [0.717, 1.165) is 39.3 Å². The van der Waals surface area contributed by atoms with E-state index in [0.29, 0.717) is 6.54 Å². The lowest BCUT2D eigenvalue weighted by atomic mass is 10.3. The largest absolute Gasteiger partial charge is 0.480 e. The number of carboxylic acid groups (broad SMARTS) is 1. The first-order valence-electron chi connectivity index (χ1n) is 6.79. The van der Waals surface area contributed by atoms with Gasteiger partial charge in [0.1, 0.15) is 6.54 Å². The number of hydrogen-bond donors (Lipinski definition) is 2. The Kier molecular flexibility index (Phi) is 7.67. The van der Waals surface area contributed by atoms with Crippen molar-refractivity contribution in [2.45, 2.75) is 6.42 Å². The van der Waals surface area contributed by atoms with Crippen LogP contribution >= 0.6 is 0 Å². The highest BCUT2D eigenvalue weighted by atomic mass is 16.5. The van der Waals surface area contributed by atoms with Crippen molar-refractivity contribution in [1.29, 1.82) is 0 Å². The highest BCUT2D eigenvalue weighted by Gasteiger charge is 2.15. The van der Waals surface area contributed by atoms with Crippen LogP contribution in [0.4, 0.5) is 4.79 Å². The van der Waals surface area contributed by atoms with E-state index in [9.17, 15) is 9.59 Å². The molecule has 2 N–H and O–H groups in total. The molecule has 114 valence electrons. The smallest absolute Gasteiger partial charge is 0.323 e. The van der Waals surface area contributed by atoms with Gasteiger partial charge in [0.25, 0.3) is 0 Å². The van der Waals surface area contributed by atoms with Gasteiger partial charge in [0, 0.05) is 26.2 Å². The van der Waals surface area contributed by atoms with Crippen LogP contribution in [-0.4, -0.2) is 79.4 Å². The molecular weight excluding hydrogens is 262 g/mol. The van der Waals surface area contributed by atoms with Crippen molar-refractivity contribution < 1.29 is 19.4 Å². The summed E-state index contributed by atoms with van der Waals surface area (Å²) in [5.41, 5.74) is 0. The summed E-state index contributed by atoms with van der Waals surface area (Å²) in [6, 6.07) is -0.366. The summed E-state index contributed by atoms with van der Waals surface area (Å²) in [5, 5.41) is 11.5. The molecular formula is C13H23N3O4. The molecule has 2 amide bonds.